The summed E-state index contributed by atoms with van der Waals surface area (Å²) in [6.45, 7) is 1.76. The molecular weight excluding hydrogens is 374 g/mol. The zero-order valence-corrected chi connectivity index (χ0v) is 14.8. The minimum atomic E-state index is -0.747. The smallest absolute Gasteiger partial charge is 0.273 e. The SMILES string of the molecule is Cc1nn(-c2ccccc2)c(Cl)c1C=NNC(=O)Cc1n[nH]c(=O)[nH]c1=O. The first-order valence-electron chi connectivity index (χ1n) is 7.76. The fourth-order valence-electron chi connectivity index (χ4n) is 2.25. The van der Waals surface area contributed by atoms with Crippen molar-refractivity contribution in [1.82, 2.24) is 30.4 Å². The second-order valence-electron chi connectivity index (χ2n) is 5.46. The highest BCUT2D eigenvalue weighted by Crippen LogP contribution is 2.21. The van der Waals surface area contributed by atoms with Crippen LogP contribution in [0.25, 0.3) is 5.69 Å². The maximum Gasteiger partial charge on any atom is 0.342 e. The van der Waals surface area contributed by atoms with Crippen molar-refractivity contribution in [1.29, 1.82) is 0 Å². The lowest BCUT2D eigenvalue weighted by Crippen LogP contribution is -2.31. The number of halogens is 1. The summed E-state index contributed by atoms with van der Waals surface area (Å²) in [6.07, 6.45) is 1.02. The molecule has 0 radical (unpaired) electrons. The van der Waals surface area contributed by atoms with E-state index in [1.165, 1.54) is 6.21 Å². The Morgan fingerprint density at radius 1 is 1.33 bits per heavy atom. The van der Waals surface area contributed by atoms with E-state index in [9.17, 15) is 14.4 Å². The van der Waals surface area contributed by atoms with Crippen LogP contribution < -0.4 is 16.7 Å². The second kappa shape index (κ2) is 7.79. The summed E-state index contributed by atoms with van der Waals surface area (Å²) in [5, 5.41) is 14.1. The Hall–Kier alpha value is -3.53. The van der Waals surface area contributed by atoms with E-state index in [2.05, 4.69) is 25.8 Å². The van der Waals surface area contributed by atoms with Crippen LogP contribution in [0, 0.1) is 6.92 Å². The van der Waals surface area contributed by atoms with Gasteiger partial charge in [-0.2, -0.15) is 15.3 Å². The predicted molar refractivity (Wildman–Crippen MR) is 98.2 cm³/mol. The highest BCUT2D eigenvalue weighted by Gasteiger charge is 2.13. The number of aromatic amines is 2. The van der Waals surface area contributed by atoms with Gasteiger partial charge >= 0.3 is 5.69 Å². The largest absolute Gasteiger partial charge is 0.342 e. The van der Waals surface area contributed by atoms with Crippen molar-refractivity contribution in [2.75, 3.05) is 0 Å². The van der Waals surface area contributed by atoms with E-state index in [1.54, 1.807) is 11.6 Å². The van der Waals surface area contributed by atoms with Gasteiger partial charge < -0.3 is 0 Å². The number of rotatable bonds is 5. The molecule has 1 amide bonds. The third-order valence-corrected chi connectivity index (χ3v) is 3.90. The first-order chi connectivity index (χ1) is 13.0. The molecule has 0 atom stereocenters. The summed E-state index contributed by atoms with van der Waals surface area (Å²) >= 11 is 6.35. The Kier molecular flexibility index (Phi) is 5.27. The summed E-state index contributed by atoms with van der Waals surface area (Å²) in [5.74, 6) is -0.583. The van der Waals surface area contributed by atoms with Crippen LogP contribution in [0.1, 0.15) is 17.0 Å². The fourth-order valence-corrected chi connectivity index (χ4v) is 2.57. The quantitative estimate of drug-likeness (QED) is 0.427. The monoisotopic (exact) mass is 387 g/mol. The zero-order chi connectivity index (χ0) is 19.4. The van der Waals surface area contributed by atoms with Gasteiger partial charge in [0.2, 0.25) is 5.91 Å². The second-order valence-corrected chi connectivity index (χ2v) is 5.82. The zero-order valence-electron chi connectivity index (χ0n) is 14.1. The number of hydrogen-bond donors (Lipinski definition) is 3. The number of carbonyl (C=O) groups is 1. The predicted octanol–water partition coefficient (Wildman–Crippen LogP) is 0.299. The molecule has 27 heavy (non-hydrogen) atoms. The van der Waals surface area contributed by atoms with Gasteiger partial charge in [-0.25, -0.2) is 20.0 Å². The van der Waals surface area contributed by atoms with Gasteiger partial charge in [0, 0.05) is 0 Å². The van der Waals surface area contributed by atoms with E-state index in [-0.39, 0.29) is 12.1 Å². The van der Waals surface area contributed by atoms with Gasteiger partial charge in [-0.1, -0.05) is 29.8 Å². The van der Waals surface area contributed by atoms with Crippen LogP contribution in [0.3, 0.4) is 0 Å². The van der Waals surface area contributed by atoms with Gasteiger partial charge in [-0.05, 0) is 19.1 Å². The molecule has 0 saturated heterocycles. The van der Waals surface area contributed by atoms with Crippen LogP contribution in [0.5, 0.6) is 0 Å². The number of carbonyl (C=O) groups excluding carboxylic acids is 1. The maximum atomic E-state index is 11.9. The van der Waals surface area contributed by atoms with E-state index in [4.69, 9.17) is 11.6 Å². The maximum absolute atomic E-state index is 11.9. The number of para-hydroxylation sites is 1. The molecule has 138 valence electrons. The number of H-pyrrole nitrogens is 2. The van der Waals surface area contributed by atoms with Gasteiger partial charge in [0.05, 0.1) is 29.6 Å². The van der Waals surface area contributed by atoms with Crippen molar-refractivity contribution < 1.29 is 4.79 Å². The first kappa shape index (κ1) is 18.3. The average molecular weight is 388 g/mol. The lowest BCUT2D eigenvalue weighted by Gasteiger charge is -2.02. The summed E-state index contributed by atoms with van der Waals surface area (Å²) in [6, 6.07) is 9.33. The standard InChI is InChI=1S/C16H14ClN7O3/c1-9-11(14(17)24(23-9)10-5-3-2-4-6-10)8-18-21-13(25)7-12-15(26)19-16(27)22-20-12/h2-6,8H,7H2,1H3,(H,21,25)(H2,19,22,26,27). The van der Waals surface area contributed by atoms with Crippen LogP contribution >= 0.6 is 11.6 Å². The van der Waals surface area contributed by atoms with Crippen molar-refractivity contribution in [3.63, 3.8) is 0 Å². The Bertz CT molecular complexity index is 1120. The van der Waals surface area contributed by atoms with Crippen LogP contribution in [0.4, 0.5) is 0 Å². The van der Waals surface area contributed by atoms with E-state index >= 15 is 0 Å². The number of aromatic nitrogens is 5. The van der Waals surface area contributed by atoms with Crippen LogP contribution in [0.15, 0.2) is 45.0 Å². The highest BCUT2D eigenvalue weighted by atomic mass is 35.5. The molecule has 0 spiro atoms. The lowest BCUT2D eigenvalue weighted by molar-refractivity contribution is -0.120. The van der Waals surface area contributed by atoms with E-state index in [0.717, 1.165) is 5.69 Å². The molecule has 2 heterocycles. The third kappa shape index (κ3) is 4.18. The van der Waals surface area contributed by atoms with Crippen molar-refractivity contribution in [2.24, 2.45) is 5.10 Å². The van der Waals surface area contributed by atoms with Crippen LogP contribution in [-0.2, 0) is 11.2 Å². The molecule has 0 fully saturated rings. The van der Waals surface area contributed by atoms with E-state index < -0.39 is 17.2 Å². The number of hydrazone groups is 1. The van der Waals surface area contributed by atoms with Gasteiger partial charge in [0.15, 0.2) is 0 Å². The summed E-state index contributed by atoms with van der Waals surface area (Å²) in [5.41, 5.74) is 2.62. The molecule has 0 aliphatic carbocycles. The lowest BCUT2D eigenvalue weighted by atomic mass is 10.3. The molecule has 1 aromatic carbocycles. The average Bonchev–Trinajstić information content (AvgIpc) is 2.93. The Morgan fingerprint density at radius 3 is 2.78 bits per heavy atom. The molecule has 0 saturated carbocycles. The van der Waals surface area contributed by atoms with Crippen molar-refractivity contribution in [3.05, 3.63) is 73.3 Å². The van der Waals surface area contributed by atoms with Gasteiger partial charge in [0.25, 0.3) is 5.56 Å². The normalized spacial score (nSPS) is 11.0. The third-order valence-electron chi connectivity index (χ3n) is 3.54. The molecule has 0 bridgehead atoms. The summed E-state index contributed by atoms with van der Waals surface area (Å²) < 4.78 is 1.56. The number of aryl methyl sites for hydroxylation is 1. The molecule has 0 aliphatic heterocycles. The molecule has 11 heteroatoms. The molecule has 0 aliphatic rings. The van der Waals surface area contributed by atoms with Crippen molar-refractivity contribution in [3.8, 4) is 5.69 Å². The van der Waals surface area contributed by atoms with Crippen LogP contribution in [-0.4, -0.2) is 37.1 Å². The molecule has 3 rings (SSSR count). The summed E-state index contributed by atoms with van der Waals surface area (Å²) in [4.78, 5) is 36.3. The van der Waals surface area contributed by atoms with Gasteiger partial charge in [0.1, 0.15) is 10.8 Å². The van der Waals surface area contributed by atoms with E-state index in [0.29, 0.717) is 16.4 Å². The Morgan fingerprint density at radius 2 is 2.07 bits per heavy atom. The van der Waals surface area contributed by atoms with Gasteiger partial charge in [-0.3, -0.25) is 14.6 Å². The molecule has 3 N–H and O–H groups in total. The summed E-state index contributed by atoms with van der Waals surface area (Å²) in [7, 11) is 0. The number of nitrogens with one attached hydrogen (secondary N) is 3. The van der Waals surface area contributed by atoms with Crippen LogP contribution in [0.2, 0.25) is 5.15 Å². The number of hydrogen-bond acceptors (Lipinski definition) is 6. The number of nitrogens with zero attached hydrogens (tertiary/aromatic N) is 4. The molecule has 2 aromatic heterocycles. The topological polar surface area (TPSA) is 138 Å². The fraction of sp³-hybridized carbons (Fsp3) is 0.125. The molecule has 3 aromatic rings. The Balaban J connectivity index is 1.71. The molecular formula is C16H14ClN7O3. The Labute approximate surface area is 156 Å². The minimum Gasteiger partial charge on any atom is -0.273 e. The van der Waals surface area contributed by atoms with Crippen molar-refractivity contribution >= 4 is 23.7 Å². The molecule has 0 unspecified atom stereocenters. The minimum absolute atomic E-state index is 0.131. The molecule has 10 nitrogen and oxygen atoms in total. The van der Waals surface area contributed by atoms with E-state index in [1.807, 2.05) is 35.3 Å². The number of benzene rings is 1. The first-order valence-corrected chi connectivity index (χ1v) is 8.14. The highest BCUT2D eigenvalue weighted by molar-refractivity contribution is 6.32. The number of amides is 1. The van der Waals surface area contributed by atoms with Crippen molar-refractivity contribution in [2.45, 2.75) is 13.3 Å². The van der Waals surface area contributed by atoms with Gasteiger partial charge in [-0.15, -0.1) is 0 Å².